The fourth-order valence-electron chi connectivity index (χ4n) is 2.77. The summed E-state index contributed by atoms with van der Waals surface area (Å²) in [5.41, 5.74) is 2.46. The predicted octanol–water partition coefficient (Wildman–Crippen LogP) is 5.68. The van der Waals surface area contributed by atoms with Crippen LogP contribution in [-0.4, -0.2) is 4.98 Å². The van der Waals surface area contributed by atoms with Crippen molar-refractivity contribution in [2.75, 3.05) is 0 Å². The molecule has 1 aromatic heterocycles. The minimum atomic E-state index is 0.955. The lowest BCUT2D eigenvalue weighted by Crippen LogP contribution is -1.86. The Morgan fingerprint density at radius 3 is 2.50 bits per heavy atom. The molecule has 0 amide bonds. The van der Waals surface area contributed by atoms with Gasteiger partial charge in [0.05, 0.1) is 5.52 Å². The maximum atomic E-state index is 4.53. The van der Waals surface area contributed by atoms with Crippen LogP contribution in [-0.2, 0) is 5.75 Å². The van der Waals surface area contributed by atoms with Gasteiger partial charge in [0.1, 0.15) is 0 Å². The topological polar surface area (TPSA) is 12.9 Å². The van der Waals surface area contributed by atoms with E-state index in [4.69, 9.17) is 0 Å². The van der Waals surface area contributed by atoms with Crippen LogP contribution in [0.25, 0.3) is 21.7 Å². The zero-order chi connectivity index (χ0) is 14.8. The van der Waals surface area contributed by atoms with Gasteiger partial charge in [-0.3, -0.25) is 4.98 Å². The number of hydrogen-bond acceptors (Lipinski definition) is 2. The first kappa shape index (κ1) is 13.4. The van der Waals surface area contributed by atoms with Gasteiger partial charge in [0, 0.05) is 22.2 Å². The molecule has 0 aliphatic rings. The molecule has 0 saturated carbocycles. The highest BCUT2D eigenvalue weighted by Crippen LogP contribution is 2.31. The summed E-state index contributed by atoms with van der Waals surface area (Å²) in [5, 5.41) is 3.84. The SMILES string of the molecule is c1ccc2c(CSc3cccc4cccnc34)cccc2c1. The van der Waals surface area contributed by atoms with Gasteiger partial charge in [-0.1, -0.05) is 60.7 Å². The maximum Gasteiger partial charge on any atom is 0.0837 e. The third-order valence-electron chi connectivity index (χ3n) is 3.86. The molecule has 22 heavy (non-hydrogen) atoms. The fourth-order valence-corrected chi connectivity index (χ4v) is 3.81. The molecule has 0 bridgehead atoms. The highest BCUT2D eigenvalue weighted by molar-refractivity contribution is 7.98. The summed E-state index contributed by atoms with van der Waals surface area (Å²) < 4.78 is 0. The molecule has 1 heterocycles. The van der Waals surface area contributed by atoms with E-state index in [0.717, 1.165) is 11.3 Å². The normalized spacial score (nSPS) is 11.1. The van der Waals surface area contributed by atoms with Crippen LogP contribution in [0.15, 0.2) is 83.9 Å². The molecule has 3 aromatic carbocycles. The van der Waals surface area contributed by atoms with Crippen LogP contribution in [0.4, 0.5) is 0 Å². The van der Waals surface area contributed by atoms with Crippen molar-refractivity contribution in [2.45, 2.75) is 10.6 Å². The Morgan fingerprint density at radius 1 is 0.727 bits per heavy atom. The van der Waals surface area contributed by atoms with Crippen molar-refractivity contribution in [2.24, 2.45) is 0 Å². The number of fused-ring (bicyclic) bond motifs is 2. The van der Waals surface area contributed by atoms with Crippen molar-refractivity contribution < 1.29 is 0 Å². The summed E-state index contributed by atoms with van der Waals surface area (Å²) in [7, 11) is 0. The smallest absolute Gasteiger partial charge is 0.0837 e. The number of para-hydroxylation sites is 1. The van der Waals surface area contributed by atoms with E-state index in [1.54, 1.807) is 0 Å². The standard InChI is InChI=1S/C20H15NS/c1-2-11-18-15(6-1)7-3-9-17(18)14-22-19-12-4-8-16-10-5-13-21-20(16)19/h1-13H,14H2. The molecule has 2 heteroatoms. The quantitative estimate of drug-likeness (QED) is 0.451. The largest absolute Gasteiger partial charge is 0.255 e. The summed E-state index contributed by atoms with van der Waals surface area (Å²) in [6.45, 7) is 0. The van der Waals surface area contributed by atoms with Crippen LogP contribution >= 0.6 is 11.8 Å². The van der Waals surface area contributed by atoms with Crippen molar-refractivity contribution in [1.82, 2.24) is 4.98 Å². The van der Waals surface area contributed by atoms with Gasteiger partial charge in [0.25, 0.3) is 0 Å². The van der Waals surface area contributed by atoms with E-state index in [9.17, 15) is 0 Å². The third-order valence-corrected chi connectivity index (χ3v) is 4.95. The third kappa shape index (κ3) is 2.46. The van der Waals surface area contributed by atoms with E-state index >= 15 is 0 Å². The first-order valence-electron chi connectivity index (χ1n) is 7.35. The van der Waals surface area contributed by atoms with Crippen molar-refractivity contribution in [3.05, 3.63) is 84.6 Å². The van der Waals surface area contributed by atoms with E-state index in [0.29, 0.717) is 0 Å². The number of nitrogens with zero attached hydrogens (tertiary/aromatic N) is 1. The maximum absolute atomic E-state index is 4.53. The highest BCUT2D eigenvalue weighted by atomic mass is 32.2. The van der Waals surface area contributed by atoms with Gasteiger partial charge in [-0.15, -0.1) is 11.8 Å². The molecule has 0 saturated heterocycles. The van der Waals surface area contributed by atoms with Crippen LogP contribution in [0.1, 0.15) is 5.56 Å². The van der Waals surface area contributed by atoms with Gasteiger partial charge >= 0.3 is 0 Å². The highest BCUT2D eigenvalue weighted by Gasteiger charge is 2.05. The number of aromatic nitrogens is 1. The van der Waals surface area contributed by atoms with E-state index in [1.807, 2.05) is 24.0 Å². The van der Waals surface area contributed by atoms with Gasteiger partial charge in [-0.2, -0.15) is 0 Å². The second-order valence-electron chi connectivity index (χ2n) is 5.26. The number of pyridine rings is 1. The first-order chi connectivity index (χ1) is 10.9. The van der Waals surface area contributed by atoms with Crippen LogP contribution < -0.4 is 0 Å². The zero-order valence-electron chi connectivity index (χ0n) is 12.1. The summed E-state index contributed by atoms with van der Waals surface area (Å²) in [6, 6.07) is 25.6. The Kier molecular flexibility index (Phi) is 3.53. The van der Waals surface area contributed by atoms with Crippen molar-refractivity contribution in [3.63, 3.8) is 0 Å². The van der Waals surface area contributed by atoms with Crippen LogP contribution in [0.5, 0.6) is 0 Å². The molecular formula is C20H15NS. The summed E-state index contributed by atoms with van der Waals surface area (Å²) in [4.78, 5) is 5.78. The Morgan fingerprint density at radius 2 is 1.50 bits per heavy atom. The number of thioether (sulfide) groups is 1. The Hall–Kier alpha value is -2.32. The minimum absolute atomic E-state index is 0.955. The molecule has 0 unspecified atom stereocenters. The number of hydrogen-bond donors (Lipinski definition) is 0. The lowest BCUT2D eigenvalue weighted by Gasteiger charge is -2.08. The molecule has 4 rings (SSSR count). The average Bonchev–Trinajstić information content (AvgIpc) is 2.60. The van der Waals surface area contributed by atoms with Crippen LogP contribution in [0.3, 0.4) is 0 Å². The Labute approximate surface area is 134 Å². The molecular weight excluding hydrogens is 286 g/mol. The van der Waals surface area contributed by atoms with E-state index in [-0.39, 0.29) is 0 Å². The van der Waals surface area contributed by atoms with Crippen LogP contribution in [0.2, 0.25) is 0 Å². The molecule has 0 fully saturated rings. The van der Waals surface area contributed by atoms with Crippen molar-refractivity contribution in [3.8, 4) is 0 Å². The monoisotopic (exact) mass is 301 g/mol. The molecule has 1 nitrogen and oxygen atoms in total. The van der Waals surface area contributed by atoms with Crippen molar-refractivity contribution >= 4 is 33.4 Å². The van der Waals surface area contributed by atoms with E-state index in [2.05, 4.69) is 71.7 Å². The second kappa shape index (κ2) is 5.82. The predicted molar refractivity (Wildman–Crippen MR) is 95.3 cm³/mol. The average molecular weight is 301 g/mol. The van der Waals surface area contributed by atoms with Gasteiger partial charge in [0.2, 0.25) is 0 Å². The number of rotatable bonds is 3. The van der Waals surface area contributed by atoms with Gasteiger partial charge in [-0.25, -0.2) is 0 Å². The second-order valence-corrected chi connectivity index (χ2v) is 6.28. The van der Waals surface area contributed by atoms with Crippen LogP contribution in [0, 0.1) is 0 Å². The van der Waals surface area contributed by atoms with Gasteiger partial charge in [0.15, 0.2) is 0 Å². The first-order valence-corrected chi connectivity index (χ1v) is 8.33. The summed E-state index contributed by atoms with van der Waals surface area (Å²) >= 11 is 1.86. The number of benzene rings is 3. The Bertz CT molecular complexity index is 856. The van der Waals surface area contributed by atoms with E-state index in [1.165, 1.54) is 26.6 Å². The summed E-state index contributed by atoms with van der Waals surface area (Å²) in [5.74, 6) is 0.955. The minimum Gasteiger partial charge on any atom is -0.255 e. The van der Waals surface area contributed by atoms with E-state index < -0.39 is 0 Å². The summed E-state index contributed by atoms with van der Waals surface area (Å²) in [6.07, 6.45) is 1.87. The lowest BCUT2D eigenvalue weighted by molar-refractivity contribution is 1.34. The Balaban J connectivity index is 1.69. The molecule has 0 spiro atoms. The molecule has 106 valence electrons. The molecule has 0 radical (unpaired) electrons. The van der Waals surface area contributed by atoms with Crippen molar-refractivity contribution in [1.29, 1.82) is 0 Å². The van der Waals surface area contributed by atoms with Gasteiger partial charge in [-0.05, 0) is 28.5 Å². The molecule has 0 atom stereocenters. The fraction of sp³-hybridized carbons (Fsp3) is 0.0500. The zero-order valence-corrected chi connectivity index (χ0v) is 12.9. The molecule has 0 aliphatic carbocycles. The lowest BCUT2D eigenvalue weighted by atomic mass is 10.1. The molecule has 4 aromatic rings. The molecule has 0 N–H and O–H groups in total. The molecule has 0 aliphatic heterocycles. The van der Waals surface area contributed by atoms with Gasteiger partial charge < -0.3 is 0 Å².